The zero-order valence-corrected chi connectivity index (χ0v) is 38.9. The monoisotopic (exact) mass is 917 g/mol. The van der Waals surface area contributed by atoms with E-state index >= 15 is 0 Å². The molecule has 0 aromatic heterocycles. The van der Waals surface area contributed by atoms with Gasteiger partial charge in [0.15, 0.2) is 6.10 Å². The van der Waals surface area contributed by atoms with Crippen molar-refractivity contribution in [1.82, 2.24) is 0 Å². The molecule has 0 bridgehead atoms. The summed E-state index contributed by atoms with van der Waals surface area (Å²) in [5, 5.41) is 41.4. The fraction of sp³-hybridized carbons (Fsp3) is 0.907. The van der Waals surface area contributed by atoms with Gasteiger partial charge in [0, 0.05) is 12.8 Å². The Balaban J connectivity index is 2.59. The highest BCUT2D eigenvalue weighted by atomic mass is 31.2. The van der Waals surface area contributed by atoms with Crippen molar-refractivity contribution in [3.05, 3.63) is 12.2 Å². The van der Waals surface area contributed by atoms with Gasteiger partial charge in [-0.25, -0.2) is 9.13 Å². The molecule has 1 fully saturated rings. The molecule has 360 valence electrons. The maximum Gasteiger partial charge on any atom is 0.472 e. The summed E-state index contributed by atoms with van der Waals surface area (Å²) in [6.07, 6.45) is 19.0. The third-order valence-corrected chi connectivity index (χ3v) is 12.3. The van der Waals surface area contributed by atoms with E-state index in [1.54, 1.807) is 0 Å². The van der Waals surface area contributed by atoms with Gasteiger partial charge >= 0.3 is 27.6 Å². The molecule has 0 aliphatic heterocycles. The highest BCUT2D eigenvalue weighted by molar-refractivity contribution is 7.47. The third kappa shape index (κ3) is 29.7. The summed E-state index contributed by atoms with van der Waals surface area (Å²) in [6, 6.07) is 0. The predicted molar refractivity (Wildman–Crippen MR) is 232 cm³/mol. The summed E-state index contributed by atoms with van der Waals surface area (Å²) in [5.41, 5.74) is 0. The van der Waals surface area contributed by atoms with E-state index in [-0.39, 0.29) is 12.8 Å². The van der Waals surface area contributed by atoms with Gasteiger partial charge in [-0.2, -0.15) is 0 Å². The molecule has 8 atom stereocenters. The molecule has 0 aromatic carbocycles. The molecular formula is C43H82O16P2. The first kappa shape index (κ1) is 57.8. The lowest BCUT2D eigenvalue weighted by Gasteiger charge is -2.43. The number of aliphatic hydroxyl groups is 4. The minimum atomic E-state index is -5.30. The number of phosphoric ester groups is 2. The Morgan fingerprint density at radius 2 is 0.869 bits per heavy atom. The molecule has 1 rings (SSSR count). The predicted octanol–water partition coefficient (Wildman–Crippen LogP) is 8.40. The molecule has 6 unspecified atom stereocenters. The maximum atomic E-state index is 12.9. The maximum absolute atomic E-state index is 12.9. The summed E-state index contributed by atoms with van der Waals surface area (Å²) < 4.78 is 49.1. The normalized spacial score (nSPS) is 22.3. The number of aliphatic hydroxyl groups excluding tert-OH is 4. The van der Waals surface area contributed by atoms with Crippen LogP contribution in [0.4, 0.5) is 0 Å². The Morgan fingerprint density at radius 3 is 1.28 bits per heavy atom. The van der Waals surface area contributed by atoms with Crippen molar-refractivity contribution in [3.8, 4) is 0 Å². The van der Waals surface area contributed by atoms with Crippen LogP contribution in [-0.2, 0) is 41.8 Å². The first-order chi connectivity index (χ1) is 29.1. The second-order valence-corrected chi connectivity index (χ2v) is 19.1. The average Bonchev–Trinajstić information content (AvgIpc) is 3.21. The topological polar surface area (TPSA) is 256 Å². The van der Waals surface area contributed by atoms with E-state index in [2.05, 4.69) is 30.5 Å². The lowest BCUT2D eigenvalue weighted by molar-refractivity contribution is -0.216. The fourth-order valence-electron chi connectivity index (χ4n) is 7.20. The van der Waals surface area contributed by atoms with Gasteiger partial charge < -0.3 is 44.6 Å². The molecule has 0 amide bonds. The van der Waals surface area contributed by atoms with Crippen LogP contribution in [0.2, 0.25) is 0 Å². The highest BCUT2D eigenvalue weighted by Crippen LogP contribution is 2.48. The SMILES string of the molecule is CCCCCCCC/C=C\CCCCCCCC(=O)O[C@H](COC(=O)CCCCCCCCCCCCCCC)COP(=O)(O)OC1C(O)C(O)C(OP(=O)(O)O)[C@@H](O)C1O. The summed E-state index contributed by atoms with van der Waals surface area (Å²) in [5.74, 6) is -1.19. The number of ether oxygens (including phenoxy) is 2. The van der Waals surface area contributed by atoms with Crippen LogP contribution in [0.5, 0.6) is 0 Å². The molecular weight excluding hydrogens is 834 g/mol. The van der Waals surface area contributed by atoms with Crippen LogP contribution in [0.3, 0.4) is 0 Å². The van der Waals surface area contributed by atoms with E-state index in [0.29, 0.717) is 12.8 Å². The zero-order valence-electron chi connectivity index (χ0n) is 37.1. The number of carbonyl (C=O) groups is 2. The molecule has 1 saturated carbocycles. The first-order valence-corrected chi connectivity index (χ1v) is 26.3. The van der Waals surface area contributed by atoms with E-state index in [0.717, 1.165) is 64.2 Å². The molecule has 16 nitrogen and oxygen atoms in total. The molecule has 18 heteroatoms. The number of allylic oxidation sites excluding steroid dienone is 2. The van der Waals surface area contributed by atoms with E-state index in [4.69, 9.17) is 28.3 Å². The molecule has 1 aliphatic carbocycles. The smallest absolute Gasteiger partial charge is 0.462 e. The Labute approximate surface area is 365 Å². The second kappa shape index (κ2) is 35.1. The molecule has 0 heterocycles. The summed E-state index contributed by atoms with van der Waals surface area (Å²) in [4.78, 5) is 53.9. The molecule has 0 radical (unpaired) electrons. The number of hydrogen-bond donors (Lipinski definition) is 7. The quantitative estimate of drug-likeness (QED) is 0.0132. The van der Waals surface area contributed by atoms with E-state index < -0.39 is 83.5 Å². The Bertz CT molecular complexity index is 1230. The van der Waals surface area contributed by atoms with Crippen LogP contribution in [0.1, 0.15) is 194 Å². The van der Waals surface area contributed by atoms with Crippen molar-refractivity contribution in [2.24, 2.45) is 0 Å². The van der Waals surface area contributed by atoms with E-state index in [9.17, 15) is 44.0 Å². The van der Waals surface area contributed by atoms with Crippen molar-refractivity contribution in [3.63, 3.8) is 0 Å². The van der Waals surface area contributed by atoms with Gasteiger partial charge in [0.25, 0.3) is 0 Å². The van der Waals surface area contributed by atoms with Gasteiger partial charge in [-0.05, 0) is 38.5 Å². The standard InChI is InChI=1S/C43H82O16P2/c1-3-5-7-9-11-13-15-17-18-20-22-24-26-28-30-32-37(45)57-35(33-55-36(44)31-29-27-25-23-21-19-16-14-12-10-8-6-4-2)34-56-61(53,54)59-43-40(48)38(46)42(39(47)41(43)49)58-60(50,51)52/h17-18,35,38-43,46-49H,3-16,19-34H2,1-2H3,(H,53,54)(H2,50,51,52)/b18-17-/t35-,38+,39?,40?,41?,42?,43?/m1/s1. The van der Waals surface area contributed by atoms with Crippen LogP contribution >= 0.6 is 15.6 Å². The minimum absolute atomic E-state index is 0.0446. The van der Waals surface area contributed by atoms with Crippen LogP contribution in [0.25, 0.3) is 0 Å². The Kier molecular flexibility index (Phi) is 33.2. The van der Waals surface area contributed by atoms with Crippen molar-refractivity contribution in [1.29, 1.82) is 0 Å². The lowest BCUT2D eigenvalue weighted by atomic mass is 9.85. The molecule has 0 aromatic rings. The van der Waals surface area contributed by atoms with Crippen LogP contribution < -0.4 is 0 Å². The van der Waals surface area contributed by atoms with Crippen molar-refractivity contribution < 1.29 is 76.9 Å². The number of hydrogen-bond acceptors (Lipinski definition) is 13. The number of rotatable bonds is 39. The van der Waals surface area contributed by atoms with Crippen molar-refractivity contribution in [2.45, 2.75) is 236 Å². The number of phosphoric acid groups is 2. The summed E-state index contributed by atoms with van der Waals surface area (Å²) >= 11 is 0. The van der Waals surface area contributed by atoms with Crippen LogP contribution in [-0.4, -0.2) is 103 Å². The zero-order chi connectivity index (χ0) is 45.4. The number of unbranched alkanes of at least 4 members (excludes halogenated alkanes) is 23. The van der Waals surface area contributed by atoms with Gasteiger partial charge in [0.2, 0.25) is 0 Å². The number of carbonyl (C=O) groups excluding carboxylic acids is 2. The van der Waals surface area contributed by atoms with Crippen LogP contribution in [0.15, 0.2) is 12.2 Å². The van der Waals surface area contributed by atoms with Crippen molar-refractivity contribution >= 4 is 27.6 Å². The average molecular weight is 917 g/mol. The Hall–Kier alpha value is -1.26. The summed E-state index contributed by atoms with van der Waals surface area (Å²) in [6.45, 7) is 3.12. The van der Waals surface area contributed by atoms with Gasteiger partial charge in [0.05, 0.1) is 6.61 Å². The van der Waals surface area contributed by atoms with Crippen molar-refractivity contribution in [2.75, 3.05) is 13.2 Å². The van der Waals surface area contributed by atoms with Gasteiger partial charge in [-0.15, -0.1) is 0 Å². The lowest BCUT2D eigenvalue weighted by Crippen LogP contribution is -2.64. The van der Waals surface area contributed by atoms with E-state index in [1.807, 2.05) is 0 Å². The molecule has 7 N–H and O–H groups in total. The van der Waals surface area contributed by atoms with Gasteiger partial charge in [-0.1, -0.05) is 154 Å². The molecule has 61 heavy (non-hydrogen) atoms. The molecule has 0 spiro atoms. The molecule has 0 saturated heterocycles. The fourth-order valence-corrected chi connectivity index (χ4v) is 8.74. The first-order valence-electron chi connectivity index (χ1n) is 23.2. The highest BCUT2D eigenvalue weighted by Gasteiger charge is 2.54. The second-order valence-electron chi connectivity index (χ2n) is 16.5. The van der Waals surface area contributed by atoms with E-state index in [1.165, 1.54) is 89.9 Å². The third-order valence-electron chi connectivity index (χ3n) is 10.8. The minimum Gasteiger partial charge on any atom is -0.462 e. The Morgan fingerprint density at radius 1 is 0.508 bits per heavy atom. The van der Waals surface area contributed by atoms with Gasteiger partial charge in [-0.3, -0.25) is 23.2 Å². The molecule has 1 aliphatic rings. The van der Waals surface area contributed by atoms with Gasteiger partial charge in [0.1, 0.15) is 43.2 Å². The van der Waals surface area contributed by atoms with Crippen LogP contribution in [0, 0.1) is 0 Å². The largest absolute Gasteiger partial charge is 0.472 e. The summed E-state index contributed by atoms with van der Waals surface area (Å²) in [7, 11) is -10.6. The number of esters is 2.